The van der Waals surface area contributed by atoms with Crippen LogP contribution in [0, 0.1) is 0 Å². The second-order valence-corrected chi connectivity index (χ2v) is 6.11. The molecule has 1 atom stereocenters. The zero-order chi connectivity index (χ0) is 18.2. The molecule has 0 saturated heterocycles. The molecule has 2 aromatic rings. The van der Waals surface area contributed by atoms with E-state index in [-0.39, 0.29) is 17.7 Å². The molecule has 9 heteroatoms. The summed E-state index contributed by atoms with van der Waals surface area (Å²) in [5.74, 6) is 1.61. The van der Waals surface area contributed by atoms with Crippen LogP contribution in [0.4, 0.5) is 0 Å². The van der Waals surface area contributed by atoms with Gasteiger partial charge in [-0.15, -0.1) is 10.2 Å². The number of carbonyl (C=O) groups excluding carboxylic acids is 1. The molecule has 1 N–H and O–H groups in total. The number of aromatic nitrogens is 2. The lowest BCUT2D eigenvalue weighted by Crippen LogP contribution is -2.36. The fraction of sp³-hybridized carbons (Fsp3) is 0.438. The minimum Gasteiger partial charge on any atom is -0.497 e. The van der Waals surface area contributed by atoms with Crippen molar-refractivity contribution in [3.05, 3.63) is 18.2 Å². The average molecular weight is 367 g/mol. The van der Waals surface area contributed by atoms with Gasteiger partial charge >= 0.3 is 0 Å². The van der Waals surface area contributed by atoms with Gasteiger partial charge in [0.15, 0.2) is 0 Å². The quantitative estimate of drug-likeness (QED) is 0.672. The van der Waals surface area contributed by atoms with Crippen LogP contribution in [0.25, 0.3) is 11.5 Å². The summed E-state index contributed by atoms with van der Waals surface area (Å²) in [5.41, 5.74) is 0.675. The lowest BCUT2D eigenvalue weighted by atomic mass is 10.2. The van der Waals surface area contributed by atoms with Crippen molar-refractivity contribution in [2.24, 2.45) is 0 Å². The number of nitrogens with one attached hydrogen (secondary N) is 1. The number of hydrogen-bond donors (Lipinski definition) is 1. The number of methoxy groups -OCH3 is 3. The zero-order valence-electron chi connectivity index (χ0n) is 14.6. The molecule has 0 unspecified atom stereocenters. The topological polar surface area (TPSA) is 95.7 Å². The molecule has 1 amide bonds. The van der Waals surface area contributed by atoms with E-state index in [4.69, 9.17) is 18.6 Å². The standard InChI is InChI=1S/C16H21N3O5S/c1-10(8-21-2)17-14(20)9-25-16-19-18-15(24-16)11-5-12(22-3)7-13(6-11)23-4/h5-7,10H,8-9H2,1-4H3,(H,17,20)/t10-/m1/s1. The summed E-state index contributed by atoms with van der Waals surface area (Å²) < 4.78 is 21.0. The minimum atomic E-state index is -0.127. The van der Waals surface area contributed by atoms with Crippen LogP contribution >= 0.6 is 11.8 Å². The number of ether oxygens (including phenoxy) is 3. The summed E-state index contributed by atoms with van der Waals surface area (Å²) in [7, 11) is 4.72. The third-order valence-corrected chi connectivity index (χ3v) is 3.97. The first-order valence-electron chi connectivity index (χ1n) is 7.53. The van der Waals surface area contributed by atoms with Crippen molar-refractivity contribution in [2.75, 3.05) is 33.7 Å². The number of carbonyl (C=O) groups is 1. The van der Waals surface area contributed by atoms with E-state index in [1.165, 1.54) is 11.8 Å². The molecule has 1 heterocycles. The molecular weight excluding hydrogens is 346 g/mol. The summed E-state index contributed by atoms with van der Waals surface area (Å²) in [6.45, 7) is 2.33. The Morgan fingerprint density at radius 1 is 1.20 bits per heavy atom. The van der Waals surface area contributed by atoms with E-state index in [2.05, 4.69) is 15.5 Å². The largest absolute Gasteiger partial charge is 0.497 e. The van der Waals surface area contributed by atoms with Crippen LogP contribution in [0.15, 0.2) is 27.8 Å². The third-order valence-electron chi connectivity index (χ3n) is 3.16. The van der Waals surface area contributed by atoms with Crippen LogP contribution in [0.3, 0.4) is 0 Å². The fourth-order valence-electron chi connectivity index (χ4n) is 2.05. The maximum Gasteiger partial charge on any atom is 0.277 e. The molecular formula is C16H21N3O5S. The average Bonchev–Trinajstić information content (AvgIpc) is 3.08. The number of hydrogen-bond acceptors (Lipinski definition) is 8. The van der Waals surface area contributed by atoms with E-state index in [0.717, 1.165) is 0 Å². The van der Waals surface area contributed by atoms with Crippen LogP contribution in [0.1, 0.15) is 6.92 Å². The van der Waals surface area contributed by atoms with Gasteiger partial charge in [-0.05, 0) is 19.1 Å². The van der Waals surface area contributed by atoms with Gasteiger partial charge in [0, 0.05) is 24.8 Å². The SMILES string of the molecule is COC[C@@H](C)NC(=O)CSc1nnc(-c2cc(OC)cc(OC)c2)o1. The van der Waals surface area contributed by atoms with Crippen molar-refractivity contribution in [3.8, 4) is 23.0 Å². The van der Waals surface area contributed by atoms with Crippen LogP contribution in [-0.4, -0.2) is 55.8 Å². The molecule has 25 heavy (non-hydrogen) atoms. The van der Waals surface area contributed by atoms with Gasteiger partial charge < -0.3 is 23.9 Å². The maximum atomic E-state index is 11.8. The van der Waals surface area contributed by atoms with Gasteiger partial charge in [-0.1, -0.05) is 11.8 Å². The van der Waals surface area contributed by atoms with E-state index in [9.17, 15) is 4.79 Å². The van der Waals surface area contributed by atoms with E-state index in [1.54, 1.807) is 39.5 Å². The molecule has 8 nitrogen and oxygen atoms in total. The Morgan fingerprint density at radius 3 is 2.48 bits per heavy atom. The minimum absolute atomic E-state index is 0.0550. The second-order valence-electron chi connectivity index (χ2n) is 5.19. The Bertz CT molecular complexity index is 685. The second kappa shape index (κ2) is 9.28. The van der Waals surface area contributed by atoms with E-state index in [0.29, 0.717) is 34.8 Å². The highest BCUT2D eigenvalue weighted by molar-refractivity contribution is 7.99. The number of thioether (sulfide) groups is 1. The predicted octanol–water partition coefficient (Wildman–Crippen LogP) is 2.00. The summed E-state index contributed by atoms with van der Waals surface area (Å²) in [6.07, 6.45) is 0. The van der Waals surface area contributed by atoms with E-state index < -0.39 is 0 Å². The van der Waals surface area contributed by atoms with E-state index in [1.807, 2.05) is 6.92 Å². The first-order chi connectivity index (χ1) is 12.0. The molecule has 0 radical (unpaired) electrons. The molecule has 1 aromatic carbocycles. The fourth-order valence-corrected chi connectivity index (χ4v) is 2.63. The Kier molecular flexibility index (Phi) is 7.08. The number of rotatable bonds is 9. The van der Waals surface area contributed by atoms with Gasteiger partial charge in [0.05, 0.1) is 26.6 Å². The summed E-state index contributed by atoms with van der Waals surface area (Å²) in [6, 6.07) is 5.23. The molecule has 0 bridgehead atoms. The highest BCUT2D eigenvalue weighted by Gasteiger charge is 2.14. The van der Waals surface area contributed by atoms with Gasteiger partial charge in [0.25, 0.3) is 5.22 Å². The Morgan fingerprint density at radius 2 is 1.88 bits per heavy atom. The van der Waals surface area contributed by atoms with Crippen LogP contribution in [-0.2, 0) is 9.53 Å². The smallest absolute Gasteiger partial charge is 0.277 e. The molecule has 0 spiro atoms. The lowest BCUT2D eigenvalue weighted by Gasteiger charge is -2.11. The van der Waals surface area contributed by atoms with Crippen molar-refractivity contribution >= 4 is 17.7 Å². The Labute approximate surface area is 150 Å². The Hall–Kier alpha value is -2.26. The zero-order valence-corrected chi connectivity index (χ0v) is 15.4. The summed E-state index contributed by atoms with van der Waals surface area (Å²) in [4.78, 5) is 11.8. The van der Waals surface area contributed by atoms with Crippen LogP contribution in [0.5, 0.6) is 11.5 Å². The molecule has 0 fully saturated rings. The molecule has 0 aliphatic rings. The van der Waals surface area contributed by atoms with Gasteiger partial charge in [-0.25, -0.2) is 0 Å². The highest BCUT2D eigenvalue weighted by Crippen LogP contribution is 2.30. The van der Waals surface area contributed by atoms with Gasteiger partial charge in [0.2, 0.25) is 11.8 Å². The van der Waals surface area contributed by atoms with Gasteiger partial charge in [-0.2, -0.15) is 0 Å². The van der Waals surface area contributed by atoms with Crippen molar-refractivity contribution < 1.29 is 23.4 Å². The first-order valence-corrected chi connectivity index (χ1v) is 8.52. The normalized spacial score (nSPS) is 11.8. The summed E-state index contributed by atoms with van der Waals surface area (Å²) in [5, 5.41) is 11.1. The van der Waals surface area contributed by atoms with Crippen molar-refractivity contribution in [1.29, 1.82) is 0 Å². The first kappa shape index (κ1) is 19.1. The maximum absolute atomic E-state index is 11.8. The number of amides is 1. The summed E-state index contributed by atoms with van der Waals surface area (Å²) >= 11 is 1.17. The molecule has 0 saturated carbocycles. The van der Waals surface area contributed by atoms with Crippen molar-refractivity contribution in [1.82, 2.24) is 15.5 Å². The molecule has 136 valence electrons. The predicted molar refractivity (Wildman–Crippen MR) is 93.0 cm³/mol. The number of benzene rings is 1. The van der Waals surface area contributed by atoms with Gasteiger partial charge in [0.1, 0.15) is 11.5 Å². The van der Waals surface area contributed by atoms with Gasteiger partial charge in [-0.3, -0.25) is 4.79 Å². The highest BCUT2D eigenvalue weighted by atomic mass is 32.2. The number of nitrogens with zero attached hydrogens (tertiary/aromatic N) is 2. The van der Waals surface area contributed by atoms with Crippen LogP contribution in [0.2, 0.25) is 0 Å². The molecule has 0 aliphatic heterocycles. The Balaban J connectivity index is 1.99. The molecule has 0 aliphatic carbocycles. The van der Waals surface area contributed by atoms with Crippen molar-refractivity contribution in [3.63, 3.8) is 0 Å². The van der Waals surface area contributed by atoms with Crippen molar-refractivity contribution in [2.45, 2.75) is 18.2 Å². The lowest BCUT2D eigenvalue weighted by molar-refractivity contribution is -0.119. The monoisotopic (exact) mass is 367 g/mol. The molecule has 1 aromatic heterocycles. The molecule has 2 rings (SSSR count). The van der Waals surface area contributed by atoms with Crippen LogP contribution < -0.4 is 14.8 Å². The van der Waals surface area contributed by atoms with E-state index >= 15 is 0 Å². The third kappa shape index (κ3) is 5.64.